The monoisotopic (exact) mass is 409 g/mol. The maximum Gasteiger partial charge on any atom is 0.227 e. The number of hydrogen-bond acceptors (Lipinski definition) is 6. The predicted molar refractivity (Wildman–Crippen MR) is 123 cm³/mol. The van der Waals surface area contributed by atoms with Crippen LogP contribution in [0.3, 0.4) is 0 Å². The Morgan fingerprint density at radius 1 is 1.00 bits per heavy atom. The topological polar surface area (TPSA) is 79.2 Å². The number of fused-ring (bicyclic) bond motifs is 1. The van der Waals surface area contributed by atoms with Crippen LogP contribution in [0.1, 0.15) is 6.92 Å². The number of allylic oxidation sites excluding steroid dienone is 1. The number of rotatable bonds is 5. The lowest BCUT2D eigenvalue weighted by molar-refractivity contribution is 0.424. The minimum Gasteiger partial charge on any atom is -0.368 e. The minimum absolute atomic E-state index is 0.263. The molecule has 1 atom stereocenters. The van der Waals surface area contributed by atoms with Gasteiger partial charge < -0.3 is 10.6 Å². The Morgan fingerprint density at radius 2 is 1.87 bits per heavy atom. The number of hydrogen-bond donors (Lipinski definition) is 3. The summed E-state index contributed by atoms with van der Waals surface area (Å²) in [4.78, 5) is 13.6. The molecule has 1 aliphatic heterocycles. The highest BCUT2D eigenvalue weighted by Gasteiger charge is 2.19. The van der Waals surface area contributed by atoms with Crippen molar-refractivity contribution >= 4 is 11.6 Å². The Morgan fingerprint density at radius 3 is 2.65 bits per heavy atom. The summed E-state index contributed by atoms with van der Waals surface area (Å²) >= 11 is 0. The zero-order chi connectivity index (χ0) is 21.3. The first-order valence-electron chi connectivity index (χ1n) is 10.1. The summed E-state index contributed by atoms with van der Waals surface area (Å²) in [5.74, 6) is 0.525. The molecule has 1 aromatic carbocycles. The van der Waals surface area contributed by atoms with Crippen LogP contribution in [0.25, 0.3) is 28.2 Å². The molecule has 0 fully saturated rings. The van der Waals surface area contributed by atoms with Crippen LogP contribution in [0.15, 0.2) is 91.2 Å². The molecule has 0 bridgehead atoms. The third kappa shape index (κ3) is 3.78. The highest BCUT2D eigenvalue weighted by Crippen LogP contribution is 2.25. The predicted octanol–water partition coefficient (Wildman–Crippen LogP) is 3.81. The summed E-state index contributed by atoms with van der Waals surface area (Å²) in [5, 5.41) is 9.79. The molecule has 31 heavy (non-hydrogen) atoms. The van der Waals surface area contributed by atoms with Gasteiger partial charge in [0.2, 0.25) is 5.95 Å². The average molecular weight is 409 g/mol. The van der Waals surface area contributed by atoms with Crippen LogP contribution < -0.4 is 16.0 Å². The van der Waals surface area contributed by atoms with Gasteiger partial charge in [-0.25, -0.2) is 15.0 Å². The van der Waals surface area contributed by atoms with Crippen LogP contribution >= 0.6 is 0 Å². The second-order valence-electron chi connectivity index (χ2n) is 7.58. The molecule has 5 rings (SSSR count). The number of imidazole rings is 1. The molecule has 7 heteroatoms. The molecule has 3 N–H and O–H groups in total. The molecule has 0 saturated carbocycles. The lowest BCUT2D eigenvalue weighted by Crippen LogP contribution is -2.50. The molecule has 1 unspecified atom stereocenters. The zero-order valence-corrected chi connectivity index (χ0v) is 17.4. The van der Waals surface area contributed by atoms with Crippen molar-refractivity contribution in [3.63, 3.8) is 0 Å². The SMILES string of the molecule is CNC1(C)C=CC(Nc2nccc(-c3cnc4ccc(-c5ccccc5)cn34)n2)=CN1. The highest BCUT2D eigenvalue weighted by atomic mass is 15.2. The van der Waals surface area contributed by atoms with E-state index < -0.39 is 0 Å². The van der Waals surface area contributed by atoms with Crippen LogP contribution in [-0.2, 0) is 0 Å². The molecule has 0 saturated heterocycles. The molecule has 0 radical (unpaired) electrons. The summed E-state index contributed by atoms with van der Waals surface area (Å²) in [5.41, 5.74) is 5.48. The quantitative estimate of drug-likeness (QED) is 0.465. The fraction of sp³-hybridized carbons (Fsp3) is 0.125. The van der Waals surface area contributed by atoms with Crippen LogP contribution in [0.4, 0.5) is 5.95 Å². The van der Waals surface area contributed by atoms with Crippen LogP contribution in [0.2, 0.25) is 0 Å². The zero-order valence-electron chi connectivity index (χ0n) is 17.4. The lowest BCUT2D eigenvalue weighted by atomic mass is 10.1. The standard InChI is InChI=1S/C24H23N7/c1-24(25-2)12-10-19(14-28-24)29-23-26-13-11-20(30-23)21-15-27-22-9-8-18(16-31(21)22)17-6-4-3-5-7-17/h3-16,25,28H,1-2H3,(H,26,29,30). The van der Waals surface area contributed by atoms with Gasteiger partial charge in [0.05, 0.1) is 23.3 Å². The molecule has 7 nitrogen and oxygen atoms in total. The van der Waals surface area contributed by atoms with E-state index >= 15 is 0 Å². The first kappa shape index (κ1) is 19.0. The van der Waals surface area contributed by atoms with Gasteiger partial charge >= 0.3 is 0 Å². The summed E-state index contributed by atoms with van der Waals surface area (Å²) in [7, 11) is 1.91. The van der Waals surface area contributed by atoms with E-state index in [4.69, 9.17) is 4.98 Å². The van der Waals surface area contributed by atoms with Gasteiger partial charge in [-0.3, -0.25) is 9.72 Å². The maximum atomic E-state index is 4.72. The molecule has 0 spiro atoms. The van der Waals surface area contributed by atoms with Crippen LogP contribution in [0.5, 0.6) is 0 Å². The third-order valence-electron chi connectivity index (χ3n) is 5.43. The number of nitrogens with zero attached hydrogens (tertiary/aromatic N) is 4. The van der Waals surface area contributed by atoms with Gasteiger partial charge in [-0.2, -0.15) is 0 Å². The summed E-state index contributed by atoms with van der Waals surface area (Å²) in [6.07, 6.45) is 11.7. The number of likely N-dealkylation sites (N-methyl/N-ethyl adjacent to an activating group) is 1. The van der Waals surface area contributed by atoms with E-state index in [1.54, 1.807) is 6.20 Å². The molecule has 3 aromatic heterocycles. The number of aromatic nitrogens is 4. The van der Waals surface area contributed by atoms with Gasteiger partial charge in [0, 0.05) is 18.6 Å². The minimum atomic E-state index is -0.263. The normalized spacial score (nSPS) is 17.9. The van der Waals surface area contributed by atoms with Crippen molar-refractivity contribution in [1.82, 2.24) is 30.0 Å². The summed E-state index contributed by atoms with van der Waals surface area (Å²) in [6, 6.07) is 16.3. The van der Waals surface area contributed by atoms with Gasteiger partial charge in [-0.05, 0) is 55.4 Å². The summed E-state index contributed by atoms with van der Waals surface area (Å²) in [6.45, 7) is 2.06. The molecular weight excluding hydrogens is 386 g/mol. The van der Waals surface area contributed by atoms with E-state index in [0.717, 1.165) is 33.9 Å². The first-order chi connectivity index (χ1) is 15.1. The average Bonchev–Trinajstić information content (AvgIpc) is 3.25. The Balaban J connectivity index is 1.45. The highest BCUT2D eigenvalue weighted by molar-refractivity contribution is 5.68. The maximum absolute atomic E-state index is 4.72. The van der Waals surface area contributed by atoms with Crippen molar-refractivity contribution < 1.29 is 0 Å². The second-order valence-corrected chi connectivity index (χ2v) is 7.58. The smallest absolute Gasteiger partial charge is 0.227 e. The fourth-order valence-electron chi connectivity index (χ4n) is 3.48. The fourth-order valence-corrected chi connectivity index (χ4v) is 3.48. The summed E-state index contributed by atoms with van der Waals surface area (Å²) < 4.78 is 2.06. The van der Waals surface area contributed by atoms with Crippen molar-refractivity contribution in [1.29, 1.82) is 0 Å². The number of anilines is 1. The lowest BCUT2D eigenvalue weighted by Gasteiger charge is -2.29. The first-order valence-corrected chi connectivity index (χ1v) is 10.1. The van der Waals surface area contributed by atoms with Gasteiger partial charge in [0.25, 0.3) is 0 Å². The molecule has 1 aliphatic rings. The molecule has 4 aromatic rings. The van der Waals surface area contributed by atoms with Gasteiger partial charge in [-0.1, -0.05) is 30.3 Å². The Kier molecular flexibility index (Phi) is 4.72. The Bertz CT molecular complexity index is 1290. The van der Waals surface area contributed by atoms with Gasteiger partial charge in [-0.15, -0.1) is 0 Å². The molecule has 0 amide bonds. The van der Waals surface area contributed by atoms with Crippen molar-refractivity contribution in [3.8, 4) is 22.5 Å². The second kappa shape index (κ2) is 7.70. The van der Waals surface area contributed by atoms with E-state index in [0.29, 0.717) is 5.95 Å². The van der Waals surface area contributed by atoms with E-state index in [1.165, 1.54) is 0 Å². The van der Waals surface area contributed by atoms with E-state index in [9.17, 15) is 0 Å². The van der Waals surface area contributed by atoms with E-state index in [-0.39, 0.29) is 5.66 Å². The van der Waals surface area contributed by atoms with Crippen molar-refractivity contribution in [2.24, 2.45) is 0 Å². The van der Waals surface area contributed by atoms with E-state index in [2.05, 4.69) is 67.7 Å². The van der Waals surface area contributed by atoms with Gasteiger partial charge in [0.1, 0.15) is 11.3 Å². The largest absolute Gasteiger partial charge is 0.368 e. The number of nitrogens with one attached hydrogen (secondary N) is 3. The molecule has 4 heterocycles. The molecular formula is C24H23N7. The number of pyridine rings is 1. The Labute approximate surface area is 180 Å². The Hall–Kier alpha value is -3.97. The van der Waals surface area contributed by atoms with Crippen molar-refractivity contribution in [3.05, 3.63) is 91.2 Å². The van der Waals surface area contributed by atoms with Crippen LogP contribution in [-0.4, -0.2) is 32.1 Å². The number of benzene rings is 1. The van der Waals surface area contributed by atoms with Crippen LogP contribution in [0, 0.1) is 0 Å². The van der Waals surface area contributed by atoms with Crippen molar-refractivity contribution in [2.45, 2.75) is 12.6 Å². The van der Waals surface area contributed by atoms with Gasteiger partial charge in [0.15, 0.2) is 0 Å². The molecule has 0 aliphatic carbocycles. The molecule has 154 valence electrons. The number of dihydropyridines is 1. The third-order valence-corrected chi connectivity index (χ3v) is 5.43. The van der Waals surface area contributed by atoms with E-state index in [1.807, 2.05) is 55.9 Å². The van der Waals surface area contributed by atoms with Crippen molar-refractivity contribution in [2.75, 3.05) is 12.4 Å².